The lowest BCUT2D eigenvalue weighted by atomic mass is 10.0. The minimum absolute atomic E-state index is 0.331. The molecule has 0 aliphatic carbocycles. The van der Waals surface area contributed by atoms with Crippen LogP contribution in [0.5, 0.6) is 5.75 Å². The van der Waals surface area contributed by atoms with E-state index in [1.807, 2.05) is 31.2 Å². The SMILES string of the molecule is Cc1ccc(OCC2CN(C(=O)O)C2)cc1. The zero-order chi connectivity index (χ0) is 11.5. The first-order chi connectivity index (χ1) is 7.65. The Morgan fingerprint density at radius 1 is 1.44 bits per heavy atom. The minimum atomic E-state index is -0.841. The Labute approximate surface area is 94.4 Å². The van der Waals surface area contributed by atoms with E-state index in [0.717, 1.165) is 5.75 Å². The van der Waals surface area contributed by atoms with E-state index in [9.17, 15) is 4.79 Å². The Bertz CT molecular complexity index is 368. The smallest absolute Gasteiger partial charge is 0.407 e. The molecule has 86 valence electrons. The van der Waals surface area contributed by atoms with Crippen LogP contribution in [0.15, 0.2) is 24.3 Å². The maximum absolute atomic E-state index is 10.5. The zero-order valence-corrected chi connectivity index (χ0v) is 9.22. The fourth-order valence-electron chi connectivity index (χ4n) is 1.68. The summed E-state index contributed by atoms with van der Waals surface area (Å²) < 4.78 is 5.57. The molecule has 0 saturated carbocycles. The molecule has 4 heteroatoms. The van der Waals surface area contributed by atoms with Crippen LogP contribution in [0.3, 0.4) is 0 Å². The summed E-state index contributed by atoms with van der Waals surface area (Å²) in [6, 6.07) is 7.87. The lowest BCUT2D eigenvalue weighted by Gasteiger charge is -2.36. The van der Waals surface area contributed by atoms with Crippen LogP contribution >= 0.6 is 0 Å². The molecule has 1 fully saturated rings. The molecular formula is C12H15NO3. The fourth-order valence-corrected chi connectivity index (χ4v) is 1.68. The van der Waals surface area contributed by atoms with Gasteiger partial charge in [-0.3, -0.25) is 0 Å². The van der Waals surface area contributed by atoms with Crippen LogP contribution in [0.1, 0.15) is 5.56 Å². The van der Waals surface area contributed by atoms with Gasteiger partial charge in [-0.2, -0.15) is 0 Å². The van der Waals surface area contributed by atoms with Crippen molar-refractivity contribution in [3.8, 4) is 5.75 Å². The maximum Gasteiger partial charge on any atom is 0.407 e. The number of hydrogen-bond acceptors (Lipinski definition) is 2. The molecule has 4 nitrogen and oxygen atoms in total. The quantitative estimate of drug-likeness (QED) is 0.849. The van der Waals surface area contributed by atoms with Gasteiger partial charge in [0.2, 0.25) is 0 Å². The Balaban J connectivity index is 1.73. The predicted molar refractivity (Wildman–Crippen MR) is 59.8 cm³/mol. The minimum Gasteiger partial charge on any atom is -0.493 e. The molecule has 1 heterocycles. The van der Waals surface area contributed by atoms with Crippen LogP contribution in [0.2, 0.25) is 0 Å². The molecule has 1 aromatic carbocycles. The molecule has 2 rings (SSSR count). The topological polar surface area (TPSA) is 49.8 Å². The highest BCUT2D eigenvalue weighted by molar-refractivity contribution is 5.66. The number of ether oxygens (including phenoxy) is 1. The van der Waals surface area contributed by atoms with Gasteiger partial charge < -0.3 is 14.7 Å². The van der Waals surface area contributed by atoms with Crippen molar-refractivity contribution in [1.29, 1.82) is 0 Å². The largest absolute Gasteiger partial charge is 0.493 e. The standard InChI is InChI=1S/C12H15NO3/c1-9-2-4-11(5-3-9)16-8-10-6-13(7-10)12(14)15/h2-5,10H,6-8H2,1H3,(H,14,15). The first kappa shape index (κ1) is 10.8. The molecule has 16 heavy (non-hydrogen) atoms. The fraction of sp³-hybridized carbons (Fsp3) is 0.417. The van der Waals surface area contributed by atoms with Crippen molar-refractivity contribution < 1.29 is 14.6 Å². The van der Waals surface area contributed by atoms with Crippen molar-refractivity contribution >= 4 is 6.09 Å². The molecule has 0 aromatic heterocycles. The van der Waals surface area contributed by atoms with Crippen LogP contribution in [0, 0.1) is 12.8 Å². The van der Waals surface area contributed by atoms with Gasteiger partial charge in [-0.1, -0.05) is 17.7 Å². The number of likely N-dealkylation sites (tertiary alicyclic amines) is 1. The van der Waals surface area contributed by atoms with Crippen LogP contribution in [0.4, 0.5) is 4.79 Å². The van der Waals surface area contributed by atoms with Crippen molar-refractivity contribution in [1.82, 2.24) is 4.90 Å². The molecule has 0 atom stereocenters. The van der Waals surface area contributed by atoms with E-state index in [2.05, 4.69) is 0 Å². The first-order valence-electron chi connectivity index (χ1n) is 5.32. The second kappa shape index (κ2) is 4.43. The molecular weight excluding hydrogens is 206 g/mol. The zero-order valence-electron chi connectivity index (χ0n) is 9.22. The van der Waals surface area contributed by atoms with E-state index in [0.29, 0.717) is 25.6 Å². The predicted octanol–water partition coefficient (Wildman–Crippen LogP) is 1.98. The molecule has 1 amide bonds. The monoisotopic (exact) mass is 221 g/mol. The van der Waals surface area contributed by atoms with E-state index < -0.39 is 6.09 Å². The Morgan fingerprint density at radius 3 is 2.62 bits per heavy atom. The van der Waals surface area contributed by atoms with E-state index in [1.54, 1.807) is 0 Å². The van der Waals surface area contributed by atoms with Gasteiger partial charge in [-0.25, -0.2) is 4.79 Å². The molecule has 1 aliphatic rings. The maximum atomic E-state index is 10.5. The first-order valence-corrected chi connectivity index (χ1v) is 5.32. The summed E-state index contributed by atoms with van der Waals surface area (Å²) >= 11 is 0. The van der Waals surface area contributed by atoms with Crippen molar-refractivity contribution in [3.05, 3.63) is 29.8 Å². The average Bonchev–Trinajstić information content (AvgIpc) is 2.18. The van der Waals surface area contributed by atoms with Gasteiger partial charge in [-0.15, -0.1) is 0 Å². The second-order valence-corrected chi connectivity index (χ2v) is 4.18. The number of aryl methyl sites for hydroxylation is 1. The third-order valence-electron chi connectivity index (χ3n) is 2.73. The highest BCUT2D eigenvalue weighted by atomic mass is 16.5. The number of carbonyl (C=O) groups is 1. The third kappa shape index (κ3) is 2.45. The van der Waals surface area contributed by atoms with Gasteiger partial charge >= 0.3 is 6.09 Å². The van der Waals surface area contributed by atoms with Gasteiger partial charge in [0.25, 0.3) is 0 Å². The molecule has 0 spiro atoms. The molecule has 0 radical (unpaired) electrons. The number of hydrogen-bond donors (Lipinski definition) is 1. The van der Waals surface area contributed by atoms with Crippen molar-refractivity contribution in [2.24, 2.45) is 5.92 Å². The van der Waals surface area contributed by atoms with Gasteiger partial charge in [-0.05, 0) is 19.1 Å². The molecule has 1 aliphatic heterocycles. The molecule has 0 unspecified atom stereocenters. The normalized spacial score (nSPS) is 15.7. The number of carboxylic acid groups (broad SMARTS) is 1. The number of nitrogens with zero attached hydrogens (tertiary/aromatic N) is 1. The van der Waals surface area contributed by atoms with Crippen molar-refractivity contribution in [2.75, 3.05) is 19.7 Å². The molecule has 1 N–H and O–H groups in total. The van der Waals surface area contributed by atoms with Crippen LogP contribution < -0.4 is 4.74 Å². The summed E-state index contributed by atoms with van der Waals surface area (Å²) in [4.78, 5) is 11.9. The van der Waals surface area contributed by atoms with Gasteiger partial charge in [0.05, 0.1) is 6.61 Å². The lowest BCUT2D eigenvalue weighted by molar-refractivity contribution is 0.0585. The summed E-state index contributed by atoms with van der Waals surface area (Å²) in [7, 11) is 0. The van der Waals surface area contributed by atoms with E-state index in [-0.39, 0.29) is 0 Å². The van der Waals surface area contributed by atoms with E-state index >= 15 is 0 Å². The average molecular weight is 221 g/mol. The summed E-state index contributed by atoms with van der Waals surface area (Å²) in [5.41, 5.74) is 1.20. The third-order valence-corrected chi connectivity index (χ3v) is 2.73. The number of rotatable bonds is 3. The summed E-state index contributed by atoms with van der Waals surface area (Å²) in [6.07, 6.45) is -0.841. The highest BCUT2D eigenvalue weighted by Gasteiger charge is 2.30. The van der Waals surface area contributed by atoms with Gasteiger partial charge in [0.1, 0.15) is 5.75 Å². The van der Waals surface area contributed by atoms with Crippen LogP contribution in [-0.2, 0) is 0 Å². The summed E-state index contributed by atoms with van der Waals surface area (Å²) in [5.74, 6) is 1.18. The second-order valence-electron chi connectivity index (χ2n) is 4.18. The molecule has 0 bridgehead atoms. The highest BCUT2D eigenvalue weighted by Crippen LogP contribution is 2.18. The Morgan fingerprint density at radius 2 is 2.06 bits per heavy atom. The number of benzene rings is 1. The van der Waals surface area contributed by atoms with Crippen LogP contribution in [0.25, 0.3) is 0 Å². The van der Waals surface area contributed by atoms with Gasteiger partial charge in [0, 0.05) is 19.0 Å². The molecule has 1 saturated heterocycles. The van der Waals surface area contributed by atoms with Gasteiger partial charge in [0.15, 0.2) is 0 Å². The van der Waals surface area contributed by atoms with Crippen LogP contribution in [-0.4, -0.2) is 35.8 Å². The summed E-state index contributed by atoms with van der Waals surface area (Å²) in [6.45, 7) is 3.79. The Kier molecular flexibility index (Phi) is 2.99. The Hall–Kier alpha value is -1.71. The van der Waals surface area contributed by atoms with Crippen molar-refractivity contribution in [2.45, 2.75) is 6.92 Å². The number of amides is 1. The lowest BCUT2D eigenvalue weighted by Crippen LogP contribution is -2.51. The summed E-state index contributed by atoms with van der Waals surface area (Å²) in [5, 5.41) is 8.65. The van der Waals surface area contributed by atoms with Crippen molar-refractivity contribution in [3.63, 3.8) is 0 Å². The van der Waals surface area contributed by atoms with E-state index in [1.165, 1.54) is 10.5 Å². The molecule has 1 aromatic rings. The van der Waals surface area contributed by atoms with E-state index in [4.69, 9.17) is 9.84 Å².